The first-order chi connectivity index (χ1) is 9.54. The summed E-state index contributed by atoms with van der Waals surface area (Å²) in [6.45, 7) is 9.59. The maximum absolute atomic E-state index is 12.6. The van der Waals surface area contributed by atoms with Gasteiger partial charge in [-0.2, -0.15) is 5.10 Å². The molecule has 0 spiro atoms. The molecular formula is C15H26N4O. The highest BCUT2D eigenvalue weighted by atomic mass is 16.2. The number of likely N-dealkylation sites (tertiary alicyclic amines) is 1. The van der Waals surface area contributed by atoms with Gasteiger partial charge >= 0.3 is 0 Å². The fraction of sp³-hybridized carbons (Fsp3) is 0.733. The third-order valence-electron chi connectivity index (χ3n) is 4.53. The van der Waals surface area contributed by atoms with Gasteiger partial charge in [0, 0.05) is 25.3 Å². The predicted molar refractivity (Wildman–Crippen MR) is 79.5 cm³/mol. The Morgan fingerprint density at radius 3 is 2.85 bits per heavy atom. The number of carbonyl (C=O) groups excluding carboxylic acids is 1. The number of hydrogen-bond acceptors (Lipinski definition) is 3. The van der Waals surface area contributed by atoms with Crippen molar-refractivity contribution in [1.29, 1.82) is 0 Å². The van der Waals surface area contributed by atoms with E-state index in [1.807, 2.05) is 16.5 Å². The van der Waals surface area contributed by atoms with Crippen LogP contribution in [-0.2, 0) is 6.54 Å². The van der Waals surface area contributed by atoms with E-state index < -0.39 is 0 Å². The van der Waals surface area contributed by atoms with Gasteiger partial charge in [0.1, 0.15) is 0 Å². The minimum Gasteiger partial charge on any atom is -0.338 e. The lowest BCUT2D eigenvalue weighted by Gasteiger charge is -2.35. The standard InChI is InChI=1S/C15H26N4O/c1-11-5-8-18(10-12(11)2)15(20)14-9-17-19(13(14)3)7-4-6-16/h9,11-12H,4-8,10,16H2,1-3H3. The van der Waals surface area contributed by atoms with E-state index >= 15 is 0 Å². The molecule has 1 aliphatic heterocycles. The van der Waals surface area contributed by atoms with Crippen LogP contribution in [0.5, 0.6) is 0 Å². The Balaban J connectivity index is 2.07. The van der Waals surface area contributed by atoms with Crippen LogP contribution >= 0.6 is 0 Å². The smallest absolute Gasteiger partial charge is 0.257 e. The molecule has 112 valence electrons. The summed E-state index contributed by atoms with van der Waals surface area (Å²) >= 11 is 0. The number of hydrogen-bond donors (Lipinski definition) is 1. The van der Waals surface area contributed by atoms with Gasteiger partial charge in [-0.05, 0) is 38.1 Å². The van der Waals surface area contributed by atoms with Gasteiger partial charge in [-0.15, -0.1) is 0 Å². The van der Waals surface area contributed by atoms with Crippen LogP contribution in [0.3, 0.4) is 0 Å². The summed E-state index contributed by atoms with van der Waals surface area (Å²) in [5.41, 5.74) is 7.21. The zero-order valence-electron chi connectivity index (χ0n) is 12.8. The van der Waals surface area contributed by atoms with Gasteiger partial charge < -0.3 is 10.6 Å². The number of piperidine rings is 1. The van der Waals surface area contributed by atoms with E-state index in [4.69, 9.17) is 5.73 Å². The van der Waals surface area contributed by atoms with E-state index in [2.05, 4.69) is 18.9 Å². The Labute approximate surface area is 121 Å². The lowest BCUT2D eigenvalue weighted by Crippen LogP contribution is -2.42. The average molecular weight is 278 g/mol. The molecule has 2 unspecified atom stereocenters. The molecule has 0 aromatic carbocycles. The first-order valence-electron chi connectivity index (χ1n) is 7.56. The third kappa shape index (κ3) is 3.03. The van der Waals surface area contributed by atoms with Crippen LogP contribution in [0.25, 0.3) is 0 Å². The van der Waals surface area contributed by atoms with Gasteiger partial charge in [-0.25, -0.2) is 0 Å². The molecule has 1 fully saturated rings. The molecule has 20 heavy (non-hydrogen) atoms. The molecule has 5 nitrogen and oxygen atoms in total. The number of aryl methyl sites for hydroxylation is 1. The maximum atomic E-state index is 12.6. The second-order valence-electron chi connectivity index (χ2n) is 6.00. The molecule has 5 heteroatoms. The predicted octanol–water partition coefficient (Wildman–Crippen LogP) is 1.66. The van der Waals surface area contributed by atoms with Crippen molar-refractivity contribution >= 4 is 5.91 Å². The third-order valence-corrected chi connectivity index (χ3v) is 4.53. The van der Waals surface area contributed by atoms with Crippen LogP contribution < -0.4 is 5.73 Å². The normalized spacial score (nSPS) is 23.1. The molecule has 1 aromatic heterocycles. The fourth-order valence-corrected chi connectivity index (χ4v) is 2.74. The first-order valence-corrected chi connectivity index (χ1v) is 7.56. The highest BCUT2D eigenvalue weighted by Crippen LogP contribution is 2.24. The Morgan fingerprint density at radius 1 is 1.45 bits per heavy atom. The topological polar surface area (TPSA) is 64.2 Å². The number of rotatable bonds is 4. The second kappa shape index (κ2) is 6.39. The molecule has 1 aliphatic rings. The summed E-state index contributed by atoms with van der Waals surface area (Å²) in [5.74, 6) is 1.40. The largest absolute Gasteiger partial charge is 0.338 e. The zero-order valence-corrected chi connectivity index (χ0v) is 12.8. The van der Waals surface area contributed by atoms with Crippen molar-refractivity contribution < 1.29 is 4.79 Å². The van der Waals surface area contributed by atoms with Crippen molar-refractivity contribution in [2.24, 2.45) is 17.6 Å². The van der Waals surface area contributed by atoms with Crippen molar-refractivity contribution in [3.05, 3.63) is 17.5 Å². The van der Waals surface area contributed by atoms with Gasteiger partial charge in [0.15, 0.2) is 0 Å². The minimum atomic E-state index is 0.125. The molecule has 2 rings (SSSR count). The van der Waals surface area contributed by atoms with Crippen molar-refractivity contribution in [3.8, 4) is 0 Å². The summed E-state index contributed by atoms with van der Waals surface area (Å²) in [6, 6.07) is 0. The molecule has 2 heterocycles. The van der Waals surface area contributed by atoms with Gasteiger partial charge in [0.2, 0.25) is 0 Å². The highest BCUT2D eigenvalue weighted by molar-refractivity contribution is 5.95. The molecular weight excluding hydrogens is 252 g/mol. The van der Waals surface area contributed by atoms with Gasteiger partial charge in [-0.1, -0.05) is 13.8 Å². The fourth-order valence-electron chi connectivity index (χ4n) is 2.74. The molecule has 0 aliphatic carbocycles. The average Bonchev–Trinajstić information content (AvgIpc) is 2.80. The molecule has 1 saturated heterocycles. The van der Waals surface area contributed by atoms with Gasteiger partial charge in [-0.3, -0.25) is 9.48 Å². The Bertz CT molecular complexity index is 468. The van der Waals surface area contributed by atoms with Crippen molar-refractivity contribution in [1.82, 2.24) is 14.7 Å². The lowest BCUT2D eigenvalue weighted by atomic mass is 9.88. The molecule has 0 radical (unpaired) electrons. The van der Waals surface area contributed by atoms with E-state index in [9.17, 15) is 4.79 Å². The van der Waals surface area contributed by atoms with Crippen molar-refractivity contribution in [2.45, 2.75) is 40.2 Å². The first kappa shape index (κ1) is 15.0. The summed E-state index contributed by atoms with van der Waals surface area (Å²) < 4.78 is 1.89. The summed E-state index contributed by atoms with van der Waals surface area (Å²) in [4.78, 5) is 14.6. The number of amides is 1. The molecule has 2 N–H and O–H groups in total. The number of aromatic nitrogens is 2. The van der Waals surface area contributed by atoms with Crippen LogP contribution in [0.4, 0.5) is 0 Å². The quantitative estimate of drug-likeness (QED) is 0.911. The van der Waals surface area contributed by atoms with Crippen LogP contribution in [-0.4, -0.2) is 40.2 Å². The molecule has 1 amide bonds. The van der Waals surface area contributed by atoms with Crippen LogP contribution in [0.1, 0.15) is 42.7 Å². The Kier molecular flexibility index (Phi) is 4.81. The highest BCUT2D eigenvalue weighted by Gasteiger charge is 2.28. The number of nitrogens with two attached hydrogens (primary N) is 1. The van der Waals surface area contributed by atoms with E-state index in [1.165, 1.54) is 0 Å². The number of nitrogens with zero attached hydrogens (tertiary/aromatic N) is 3. The maximum Gasteiger partial charge on any atom is 0.257 e. The van der Waals surface area contributed by atoms with Gasteiger partial charge in [0.05, 0.1) is 11.8 Å². The van der Waals surface area contributed by atoms with Crippen LogP contribution in [0.2, 0.25) is 0 Å². The zero-order chi connectivity index (χ0) is 14.7. The van der Waals surface area contributed by atoms with Crippen molar-refractivity contribution in [2.75, 3.05) is 19.6 Å². The summed E-state index contributed by atoms with van der Waals surface area (Å²) in [7, 11) is 0. The van der Waals surface area contributed by atoms with E-state index in [1.54, 1.807) is 6.20 Å². The van der Waals surface area contributed by atoms with Gasteiger partial charge in [0.25, 0.3) is 5.91 Å². The lowest BCUT2D eigenvalue weighted by molar-refractivity contribution is 0.0626. The molecule has 0 saturated carbocycles. The summed E-state index contributed by atoms with van der Waals surface area (Å²) in [5, 5.41) is 4.32. The van der Waals surface area contributed by atoms with Crippen LogP contribution in [0, 0.1) is 18.8 Å². The summed E-state index contributed by atoms with van der Waals surface area (Å²) in [6.07, 6.45) is 3.68. The number of carbonyl (C=O) groups is 1. The Morgan fingerprint density at radius 2 is 2.20 bits per heavy atom. The molecule has 1 aromatic rings. The van der Waals surface area contributed by atoms with E-state index in [0.29, 0.717) is 18.4 Å². The SMILES string of the molecule is Cc1c(C(=O)N2CCC(C)C(C)C2)cnn1CCCN. The molecule has 2 atom stereocenters. The van der Waals surface area contributed by atoms with Crippen LogP contribution in [0.15, 0.2) is 6.20 Å². The van der Waals surface area contributed by atoms with Crippen molar-refractivity contribution in [3.63, 3.8) is 0 Å². The minimum absolute atomic E-state index is 0.125. The molecule has 0 bridgehead atoms. The second-order valence-corrected chi connectivity index (χ2v) is 6.00. The Hall–Kier alpha value is -1.36. The van der Waals surface area contributed by atoms with E-state index in [-0.39, 0.29) is 5.91 Å². The van der Waals surface area contributed by atoms with E-state index in [0.717, 1.165) is 43.7 Å². The monoisotopic (exact) mass is 278 g/mol.